The van der Waals surface area contributed by atoms with Crippen molar-refractivity contribution in [3.05, 3.63) is 35.4 Å². The Morgan fingerprint density at radius 2 is 1.81 bits per heavy atom. The predicted molar refractivity (Wildman–Crippen MR) is 117 cm³/mol. The van der Waals surface area contributed by atoms with Crippen LogP contribution in [0.2, 0.25) is 0 Å². The normalized spacial score (nSPS) is 15.2. The zero-order chi connectivity index (χ0) is 18.8. The molecule has 27 heavy (non-hydrogen) atoms. The molecule has 1 heterocycles. The number of guanidine groups is 1. The van der Waals surface area contributed by atoms with Crippen LogP contribution in [0.15, 0.2) is 29.3 Å². The summed E-state index contributed by atoms with van der Waals surface area (Å²) in [6.45, 7) is 7.44. The molecule has 1 aliphatic rings. The second-order valence-electron chi connectivity index (χ2n) is 6.26. The number of hydrogen-bond acceptors (Lipinski definition) is 4. The van der Waals surface area contributed by atoms with Gasteiger partial charge in [-0.2, -0.15) is 0 Å². The van der Waals surface area contributed by atoms with E-state index in [1.54, 1.807) is 4.90 Å². The minimum atomic E-state index is -0.236. The minimum absolute atomic E-state index is 0. The molecule has 152 valence electrons. The first-order valence-electron chi connectivity index (χ1n) is 9.26. The molecule has 3 N–H and O–H groups in total. The quantitative estimate of drug-likeness (QED) is 0.349. The van der Waals surface area contributed by atoms with E-state index in [4.69, 9.17) is 15.2 Å². The number of carbonyl (C=O) groups is 1. The lowest BCUT2D eigenvalue weighted by atomic mass is 10.1. The van der Waals surface area contributed by atoms with Crippen LogP contribution < -0.4 is 11.1 Å². The first-order chi connectivity index (χ1) is 12.6. The highest BCUT2D eigenvalue weighted by Gasteiger charge is 2.23. The molecule has 7 nitrogen and oxygen atoms in total. The van der Waals surface area contributed by atoms with Crippen molar-refractivity contribution in [3.63, 3.8) is 0 Å². The van der Waals surface area contributed by atoms with Gasteiger partial charge in [0.1, 0.15) is 0 Å². The van der Waals surface area contributed by atoms with Crippen molar-refractivity contribution in [2.45, 2.75) is 45.9 Å². The van der Waals surface area contributed by atoms with Crippen LogP contribution in [0.4, 0.5) is 4.79 Å². The number of halogens is 1. The first-order valence-corrected chi connectivity index (χ1v) is 9.26. The Kier molecular flexibility index (Phi) is 11.1. The van der Waals surface area contributed by atoms with Crippen LogP contribution in [0.3, 0.4) is 0 Å². The number of benzene rings is 1. The third kappa shape index (κ3) is 8.34. The molecule has 0 radical (unpaired) electrons. The molecule has 1 saturated heterocycles. The lowest BCUT2D eigenvalue weighted by Gasteiger charge is -2.31. The number of carbonyl (C=O) groups excluding carboxylic acids is 1. The van der Waals surface area contributed by atoms with Crippen LogP contribution in [-0.2, 0) is 22.6 Å². The molecule has 0 aliphatic carbocycles. The Bertz CT molecular complexity index is 587. The third-order valence-electron chi connectivity index (χ3n) is 4.30. The smallest absolute Gasteiger partial charge is 0.409 e. The molecule has 0 aromatic heterocycles. The summed E-state index contributed by atoms with van der Waals surface area (Å²) in [6.07, 6.45) is 1.43. The van der Waals surface area contributed by atoms with Crippen molar-refractivity contribution in [3.8, 4) is 0 Å². The maximum absolute atomic E-state index is 11.7. The van der Waals surface area contributed by atoms with Crippen molar-refractivity contribution < 1.29 is 14.3 Å². The van der Waals surface area contributed by atoms with Gasteiger partial charge in [-0.1, -0.05) is 24.3 Å². The highest BCUT2D eigenvalue weighted by atomic mass is 127. The molecule has 1 aromatic rings. The summed E-state index contributed by atoms with van der Waals surface area (Å²) < 4.78 is 10.4. The fourth-order valence-electron chi connectivity index (χ4n) is 2.81. The van der Waals surface area contributed by atoms with E-state index in [9.17, 15) is 4.79 Å². The largest absolute Gasteiger partial charge is 0.450 e. The molecule has 1 aliphatic heterocycles. The number of aliphatic imine (C=N–C) groups is 1. The average Bonchev–Trinajstić information content (AvgIpc) is 2.66. The number of rotatable bonds is 7. The van der Waals surface area contributed by atoms with Gasteiger partial charge in [-0.25, -0.2) is 9.79 Å². The van der Waals surface area contributed by atoms with Crippen LogP contribution in [0.1, 0.15) is 37.8 Å². The number of nitrogens with zero attached hydrogens (tertiary/aromatic N) is 2. The van der Waals surface area contributed by atoms with Crippen molar-refractivity contribution in [2.24, 2.45) is 10.7 Å². The van der Waals surface area contributed by atoms with E-state index in [0.29, 0.717) is 45.4 Å². The van der Waals surface area contributed by atoms with Crippen LogP contribution in [0.25, 0.3) is 0 Å². The summed E-state index contributed by atoms with van der Waals surface area (Å²) >= 11 is 0. The molecule has 0 spiro atoms. The number of nitrogens with one attached hydrogen (secondary N) is 1. The molecular formula is C19H31IN4O3. The first kappa shape index (κ1) is 23.5. The summed E-state index contributed by atoms with van der Waals surface area (Å²) in [5, 5.41) is 3.25. The standard InChI is InChI=1S/C19H30N4O3.HI/c1-3-25-14-16-7-5-15(6-8-16)13-21-18(20)22-17-9-11-23(12-10-17)19(24)26-4-2;/h5-8,17H,3-4,9-14H2,1-2H3,(H3,20,21,22);1H. The fourth-order valence-corrected chi connectivity index (χ4v) is 2.81. The Morgan fingerprint density at radius 3 is 2.41 bits per heavy atom. The molecule has 0 unspecified atom stereocenters. The van der Waals surface area contributed by atoms with Crippen LogP contribution in [0, 0.1) is 0 Å². The van der Waals surface area contributed by atoms with Gasteiger partial charge in [0.25, 0.3) is 0 Å². The SMILES string of the molecule is CCOCc1ccc(CN=C(N)NC2CCN(C(=O)OCC)CC2)cc1.I. The van der Waals surface area contributed by atoms with Gasteiger partial charge in [-0.3, -0.25) is 0 Å². The van der Waals surface area contributed by atoms with Gasteiger partial charge >= 0.3 is 6.09 Å². The lowest BCUT2D eigenvalue weighted by molar-refractivity contribution is 0.0963. The second kappa shape index (κ2) is 12.8. The zero-order valence-corrected chi connectivity index (χ0v) is 18.5. The van der Waals surface area contributed by atoms with Crippen LogP contribution >= 0.6 is 24.0 Å². The van der Waals surface area contributed by atoms with Gasteiger partial charge in [0.05, 0.1) is 19.8 Å². The monoisotopic (exact) mass is 490 g/mol. The molecule has 0 saturated carbocycles. The number of hydrogen-bond donors (Lipinski definition) is 2. The topological polar surface area (TPSA) is 89.2 Å². The van der Waals surface area contributed by atoms with Gasteiger partial charge in [0.15, 0.2) is 5.96 Å². The number of amides is 1. The van der Waals surface area contributed by atoms with Gasteiger partial charge in [-0.05, 0) is 37.8 Å². The second-order valence-corrected chi connectivity index (χ2v) is 6.26. The van der Waals surface area contributed by atoms with Crippen LogP contribution in [0.5, 0.6) is 0 Å². The Morgan fingerprint density at radius 1 is 1.19 bits per heavy atom. The summed E-state index contributed by atoms with van der Waals surface area (Å²) in [7, 11) is 0. The number of likely N-dealkylation sites (tertiary alicyclic amines) is 1. The van der Waals surface area contributed by atoms with E-state index in [0.717, 1.165) is 24.0 Å². The molecule has 1 fully saturated rings. The van der Waals surface area contributed by atoms with E-state index < -0.39 is 0 Å². The maximum atomic E-state index is 11.7. The van der Waals surface area contributed by atoms with E-state index in [-0.39, 0.29) is 36.1 Å². The summed E-state index contributed by atoms with van der Waals surface area (Å²) in [6, 6.07) is 8.43. The number of piperidine rings is 1. The van der Waals surface area contributed by atoms with Gasteiger partial charge < -0.3 is 25.4 Å². The van der Waals surface area contributed by atoms with Gasteiger partial charge in [0.2, 0.25) is 0 Å². The predicted octanol–water partition coefficient (Wildman–Crippen LogP) is 2.87. The van der Waals surface area contributed by atoms with Crippen molar-refractivity contribution in [2.75, 3.05) is 26.3 Å². The lowest BCUT2D eigenvalue weighted by Crippen LogP contribution is -2.48. The Balaban J connectivity index is 0.00000364. The minimum Gasteiger partial charge on any atom is -0.450 e. The van der Waals surface area contributed by atoms with E-state index in [2.05, 4.69) is 22.4 Å². The Hall–Kier alpha value is -1.55. The van der Waals surface area contributed by atoms with Gasteiger partial charge in [0, 0.05) is 25.7 Å². The fraction of sp³-hybridized carbons (Fsp3) is 0.579. The molecule has 1 aromatic carbocycles. The summed E-state index contributed by atoms with van der Waals surface area (Å²) in [5.74, 6) is 0.443. The van der Waals surface area contributed by atoms with Gasteiger partial charge in [-0.15, -0.1) is 24.0 Å². The highest BCUT2D eigenvalue weighted by molar-refractivity contribution is 14.0. The number of nitrogens with two attached hydrogens (primary N) is 1. The number of ether oxygens (including phenoxy) is 2. The summed E-state index contributed by atoms with van der Waals surface area (Å²) in [5.41, 5.74) is 8.26. The van der Waals surface area contributed by atoms with Crippen molar-refractivity contribution >= 4 is 36.0 Å². The van der Waals surface area contributed by atoms with Crippen molar-refractivity contribution in [1.29, 1.82) is 0 Å². The third-order valence-corrected chi connectivity index (χ3v) is 4.30. The van der Waals surface area contributed by atoms with Crippen molar-refractivity contribution in [1.82, 2.24) is 10.2 Å². The zero-order valence-electron chi connectivity index (χ0n) is 16.1. The van der Waals surface area contributed by atoms with E-state index in [1.165, 1.54) is 0 Å². The Labute approximate surface area is 178 Å². The van der Waals surface area contributed by atoms with Crippen LogP contribution in [-0.4, -0.2) is 49.3 Å². The molecule has 1 amide bonds. The molecule has 0 atom stereocenters. The maximum Gasteiger partial charge on any atom is 0.409 e. The highest BCUT2D eigenvalue weighted by Crippen LogP contribution is 2.11. The molecule has 0 bridgehead atoms. The summed E-state index contributed by atoms with van der Waals surface area (Å²) in [4.78, 5) is 17.8. The van der Waals surface area contributed by atoms with E-state index in [1.807, 2.05) is 26.0 Å². The van der Waals surface area contributed by atoms with E-state index >= 15 is 0 Å². The average molecular weight is 490 g/mol. The molecule has 8 heteroatoms. The molecular weight excluding hydrogens is 459 g/mol. The molecule has 2 rings (SSSR count).